The van der Waals surface area contributed by atoms with Gasteiger partial charge in [-0.1, -0.05) is 0 Å². The summed E-state index contributed by atoms with van der Waals surface area (Å²) >= 11 is 0. The van der Waals surface area contributed by atoms with E-state index in [0.717, 1.165) is 11.3 Å². The predicted octanol–water partition coefficient (Wildman–Crippen LogP) is 1.78. The van der Waals surface area contributed by atoms with Crippen molar-refractivity contribution in [1.82, 2.24) is 29.0 Å². The van der Waals surface area contributed by atoms with E-state index in [1.807, 2.05) is 13.8 Å². The van der Waals surface area contributed by atoms with Gasteiger partial charge in [0.1, 0.15) is 5.65 Å². The molecule has 0 aliphatic rings. The van der Waals surface area contributed by atoms with Crippen molar-refractivity contribution >= 4 is 23.3 Å². The first-order chi connectivity index (χ1) is 11.5. The van der Waals surface area contributed by atoms with Crippen LogP contribution in [0, 0.1) is 19.8 Å². The quantitative estimate of drug-likeness (QED) is 0.607. The number of anilines is 1. The number of hydrogen-bond donors (Lipinski definition) is 1. The molecule has 24 heavy (non-hydrogen) atoms. The summed E-state index contributed by atoms with van der Waals surface area (Å²) in [6, 6.07) is 5.18. The maximum atomic E-state index is 14.4. The second-order valence-electron chi connectivity index (χ2n) is 5.40. The largest absolute Gasteiger partial charge is 0.289 e. The van der Waals surface area contributed by atoms with E-state index in [2.05, 4.69) is 25.5 Å². The minimum Gasteiger partial charge on any atom is -0.289 e. The van der Waals surface area contributed by atoms with Crippen LogP contribution in [0.5, 0.6) is 0 Å². The lowest BCUT2D eigenvalue weighted by molar-refractivity contribution is 0.101. The van der Waals surface area contributed by atoms with E-state index in [-0.39, 0.29) is 11.6 Å². The van der Waals surface area contributed by atoms with Crippen molar-refractivity contribution in [2.45, 2.75) is 13.8 Å². The molecule has 0 fully saturated rings. The normalized spacial score (nSPS) is 11.3. The van der Waals surface area contributed by atoms with Gasteiger partial charge < -0.3 is 0 Å². The average molecular weight is 325 g/mol. The monoisotopic (exact) mass is 325 g/mol. The highest BCUT2D eigenvalue weighted by Gasteiger charge is 2.21. The van der Waals surface area contributed by atoms with Gasteiger partial charge in [0.15, 0.2) is 5.69 Å². The number of rotatable bonds is 2. The maximum absolute atomic E-state index is 14.4. The van der Waals surface area contributed by atoms with Crippen molar-refractivity contribution < 1.29 is 9.18 Å². The van der Waals surface area contributed by atoms with Gasteiger partial charge in [-0.15, -0.1) is 10.2 Å². The number of nitrogens with one attached hydrogen (secondary N) is 1. The molecule has 0 aromatic carbocycles. The third-order valence-electron chi connectivity index (χ3n) is 3.58. The fourth-order valence-electron chi connectivity index (χ4n) is 2.38. The zero-order chi connectivity index (χ0) is 16.8. The first-order valence-corrected chi connectivity index (χ1v) is 7.17. The summed E-state index contributed by atoms with van der Waals surface area (Å²) in [6.07, 6.45) is 3.21. The van der Waals surface area contributed by atoms with Gasteiger partial charge in [-0.3, -0.25) is 18.9 Å². The van der Waals surface area contributed by atoms with Crippen LogP contribution < -0.4 is 5.32 Å². The number of halogens is 1. The fraction of sp³-hybridized carbons (Fsp3) is 0.133. The number of nitrogens with zero attached hydrogens (tertiary/aromatic N) is 6. The molecule has 0 aliphatic heterocycles. The summed E-state index contributed by atoms with van der Waals surface area (Å²) in [5.41, 5.74) is 1.75. The third kappa shape index (κ3) is 2.18. The number of carbonyl (C=O) groups is 1. The van der Waals surface area contributed by atoms with Crippen molar-refractivity contribution in [3.05, 3.63) is 53.5 Å². The SMILES string of the molecule is Cc1ccn2c(F)c(C(=O)Nc3nnc4nc(C)ccn34)nc2c1. The number of amides is 1. The number of hydrogen-bond acceptors (Lipinski definition) is 5. The Morgan fingerprint density at radius 3 is 2.75 bits per heavy atom. The molecule has 4 heterocycles. The van der Waals surface area contributed by atoms with Crippen molar-refractivity contribution in [3.8, 4) is 0 Å². The minimum absolute atomic E-state index is 0.148. The average Bonchev–Trinajstić information content (AvgIpc) is 3.08. The molecule has 0 spiro atoms. The van der Waals surface area contributed by atoms with Crippen molar-refractivity contribution in [2.75, 3.05) is 5.32 Å². The first-order valence-electron chi connectivity index (χ1n) is 7.17. The summed E-state index contributed by atoms with van der Waals surface area (Å²) < 4.78 is 17.1. The zero-order valence-corrected chi connectivity index (χ0v) is 12.9. The van der Waals surface area contributed by atoms with Crippen molar-refractivity contribution in [3.63, 3.8) is 0 Å². The third-order valence-corrected chi connectivity index (χ3v) is 3.58. The molecule has 0 bridgehead atoms. The molecular formula is C15H12FN7O. The van der Waals surface area contributed by atoms with Gasteiger partial charge in [-0.05, 0) is 37.6 Å². The van der Waals surface area contributed by atoms with E-state index in [4.69, 9.17) is 0 Å². The number of carbonyl (C=O) groups excluding carboxylic acids is 1. The second-order valence-corrected chi connectivity index (χ2v) is 5.40. The Bertz CT molecular complexity index is 1100. The second kappa shape index (κ2) is 5.08. The molecule has 0 radical (unpaired) electrons. The molecule has 120 valence electrons. The molecule has 8 nitrogen and oxygen atoms in total. The van der Waals surface area contributed by atoms with Gasteiger partial charge in [-0.2, -0.15) is 4.39 Å². The highest BCUT2D eigenvalue weighted by atomic mass is 19.1. The predicted molar refractivity (Wildman–Crippen MR) is 83.4 cm³/mol. The molecule has 4 aromatic heterocycles. The van der Waals surface area contributed by atoms with Gasteiger partial charge in [0.2, 0.25) is 11.9 Å². The van der Waals surface area contributed by atoms with Crippen LogP contribution >= 0.6 is 0 Å². The van der Waals surface area contributed by atoms with E-state index in [0.29, 0.717) is 11.4 Å². The smallest absolute Gasteiger partial charge is 0.281 e. The summed E-state index contributed by atoms with van der Waals surface area (Å²) in [4.78, 5) is 20.6. The maximum Gasteiger partial charge on any atom is 0.281 e. The van der Waals surface area contributed by atoms with Crippen LogP contribution in [-0.4, -0.2) is 34.9 Å². The van der Waals surface area contributed by atoms with Crippen LogP contribution in [0.1, 0.15) is 21.7 Å². The van der Waals surface area contributed by atoms with Gasteiger partial charge in [0.05, 0.1) is 0 Å². The topological polar surface area (TPSA) is 89.5 Å². The Hall–Kier alpha value is -3.36. The molecule has 1 N–H and O–H groups in total. The Kier molecular flexibility index (Phi) is 3.02. The van der Waals surface area contributed by atoms with Gasteiger partial charge >= 0.3 is 0 Å². The van der Waals surface area contributed by atoms with Crippen molar-refractivity contribution in [1.29, 1.82) is 0 Å². The summed E-state index contributed by atoms with van der Waals surface area (Å²) in [6.45, 7) is 3.69. The fourth-order valence-corrected chi connectivity index (χ4v) is 2.38. The number of aryl methyl sites for hydroxylation is 2. The Labute approximate surface area is 135 Å². The zero-order valence-electron chi connectivity index (χ0n) is 12.9. The van der Waals surface area contributed by atoms with E-state index in [1.54, 1.807) is 24.4 Å². The first kappa shape index (κ1) is 14.2. The Morgan fingerprint density at radius 2 is 1.92 bits per heavy atom. The van der Waals surface area contributed by atoms with Crippen LogP contribution in [-0.2, 0) is 0 Å². The lowest BCUT2D eigenvalue weighted by Crippen LogP contribution is -2.16. The van der Waals surface area contributed by atoms with Crippen molar-refractivity contribution in [2.24, 2.45) is 0 Å². The van der Waals surface area contributed by atoms with Crippen LogP contribution in [0.15, 0.2) is 30.6 Å². The summed E-state index contributed by atoms with van der Waals surface area (Å²) in [5, 5.41) is 10.2. The molecule has 4 aromatic rings. The molecule has 0 saturated heterocycles. The van der Waals surface area contributed by atoms with Crippen LogP contribution in [0.4, 0.5) is 10.3 Å². The Morgan fingerprint density at radius 1 is 1.12 bits per heavy atom. The van der Waals surface area contributed by atoms with Crippen LogP contribution in [0.2, 0.25) is 0 Å². The lowest BCUT2D eigenvalue weighted by atomic mass is 10.3. The molecule has 0 atom stereocenters. The van der Waals surface area contributed by atoms with E-state index in [9.17, 15) is 9.18 Å². The number of fused-ring (bicyclic) bond motifs is 2. The molecule has 9 heteroatoms. The number of pyridine rings is 1. The molecule has 4 rings (SSSR count). The number of aromatic nitrogens is 6. The van der Waals surface area contributed by atoms with E-state index >= 15 is 0 Å². The van der Waals surface area contributed by atoms with Gasteiger partial charge in [0, 0.05) is 18.1 Å². The Balaban J connectivity index is 1.72. The van der Waals surface area contributed by atoms with Crippen LogP contribution in [0.25, 0.3) is 11.4 Å². The lowest BCUT2D eigenvalue weighted by Gasteiger charge is -2.01. The number of imidazole rings is 1. The molecular weight excluding hydrogens is 313 g/mol. The van der Waals surface area contributed by atoms with E-state index < -0.39 is 11.9 Å². The van der Waals surface area contributed by atoms with E-state index in [1.165, 1.54) is 15.0 Å². The molecule has 0 aliphatic carbocycles. The molecule has 0 saturated carbocycles. The minimum atomic E-state index is -0.731. The molecule has 1 amide bonds. The van der Waals surface area contributed by atoms with Gasteiger partial charge in [0.25, 0.3) is 11.7 Å². The highest BCUT2D eigenvalue weighted by Crippen LogP contribution is 2.15. The molecule has 0 unspecified atom stereocenters. The highest BCUT2D eigenvalue weighted by molar-refractivity contribution is 6.02. The van der Waals surface area contributed by atoms with Crippen LogP contribution in [0.3, 0.4) is 0 Å². The summed E-state index contributed by atoms with van der Waals surface area (Å²) in [7, 11) is 0. The van der Waals surface area contributed by atoms with Gasteiger partial charge in [-0.25, -0.2) is 9.97 Å². The summed E-state index contributed by atoms with van der Waals surface area (Å²) in [5.74, 6) is -0.944. The standard InChI is InChI=1S/C15H12FN7O/c1-8-3-5-22-10(7-8)18-11(12(22)16)13(24)19-15-21-20-14-17-9(2)4-6-23(14)15/h3-7H,1-2H3,(H,19,21,24).